The molecule has 3 heteroatoms. The summed E-state index contributed by atoms with van der Waals surface area (Å²) in [5.41, 5.74) is 0. The van der Waals surface area contributed by atoms with E-state index in [4.69, 9.17) is 4.74 Å². The number of carbonyl (C=O) groups excluding carboxylic acids is 1. The zero-order valence-corrected chi connectivity index (χ0v) is 7.45. The van der Waals surface area contributed by atoms with Gasteiger partial charge in [0.15, 0.2) is 5.78 Å². The molecule has 0 spiro atoms. The van der Waals surface area contributed by atoms with E-state index in [0.717, 1.165) is 6.42 Å². The second-order valence-corrected chi connectivity index (χ2v) is 3.25. The zero-order chi connectivity index (χ0) is 8.97. The van der Waals surface area contributed by atoms with E-state index in [9.17, 15) is 9.90 Å². The number of Topliss-reactive ketones (excluding diaryl/α,β-unsaturated/α-hetero) is 1. The van der Waals surface area contributed by atoms with Gasteiger partial charge in [0, 0.05) is 19.4 Å². The summed E-state index contributed by atoms with van der Waals surface area (Å²) in [5, 5.41) is 9.26. The minimum Gasteiger partial charge on any atom is -0.393 e. The van der Waals surface area contributed by atoms with Gasteiger partial charge >= 0.3 is 0 Å². The number of carbonyl (C=O) groups is 1. The van der Waals surface area contributed by atoms with Crippen LogP contribution in [0.1, 0.15) is 32.6 Å². The quantitative estimate of drug-likeness (QED) is 0.687. The fourth-order valence-corrected chi connectivity index (χ4v) is 1.39. The lowest BCUT2D eigenvalue weighted by Gasteiger charge is -2.24. The molecule has 2 atom stereocenters. The minimum atomic E-state index is -0.343. The number of ether oxygens (including phenoxy) is 1. The van der Waals surface area contributed by atoms with Crippen molar-refractivity contribution >= 4 is 5.78 Å². The molecular weight excluding hydrogens is 156 g/mol. The Morgan fingerprint density at radius 3 is 3.08 bits per heavy atom. The first-order chi connectivity index (χ1) is 5.74. The van der Waals surface area contributed by atoms with Gasteiger partial charge in [-0.1, -0.05) is 6.92 Å². The third-order valence-corrected chi connectivity index (χ3v) is 2.09. The van der Waals surface area contributed by atoms with Gasteiger partial charge in [0.1, 0.15) is 6.10 Å². The highest BCUT2D eigenvalue weighted by molar-refractivity contribution is 5.83. The van der Waals surface area contributed by atoms with Crippen molar-refractivity contribution in [2.75, 3.05) is 6.61 Å². The number of aliphatic hydroxyl groups excluding tert-OH is 1. The number of rotatable bonds is 3. The highest BCUT2D eigenvalue weighted by Crippen LogP contribution is 2.18. The Kier molecular flexibility index (Phi) is 3.69. The highest BCUT2D eigenvalue weighted by Gasteiger charge is 2.27. The molecule has 0 radical (unpaired) electrons. The van der Waals surface area contributed by atoms with Crippen molar-refractivity contribution in [2.45, 2.75) is 44.8 Å². The first-order valence-corrected chi connectivity index (χ1v) is 4.56. The lowest BCUT2D eigenvalue weighted by Crippen LogP contribution is -2.34. The fraction of sp³-hybridized carbons (Fsp3) is 0.889. The van der Waals surface area contributed by atoms with Crippen LogP contribution < -0.4 is 0 Å². The lowest BCUT2D eigenvalue weighted by atomic mass is 9.94. The fourth-order valence-electron chi connectivity index (χ4n) is 1.39. The zero-order valence-electron chi connectivity index (χ0n) is 7.45. The number of hydrogen-bond donors (Lipinski definition) is 1. The molecule has 0 bridgehead atoms. The van der Waals surface area contributed by atoms with Crippen LogP contribution in [0.15, 0.2) is 0 Å². The van der Waals surface area contributed by atoms with Gasteiger partial charge in [-0.25, -0.2) is 0 Å². The van der Waals surface area contributed by atoms with Crippen molar-refractivity contribution < 1.29 is 14.6 Å². The molecule has 1 aliphatic rings. The van der Waals surface area contributed by atoms with Gasteiger partial charge in [-0.2, -0.15) is 0 Å². The molecule has 0 aromatic carbocycles. The van der Waals surface area contributed by atoms with E-state index in [0.29, 0.717) is 25.9 Å². The first-order valence-electron chi connectivity index (χ1n) is 4.56. The Morgan fingerprint density at radius 1 is 1.67 bits per heavy atom. The maximum atomic E-state index is 11.2. The molecule has 0 saturated heterocycles. The van der Waals surface area contributed by atoms with Gasteiger partial charge in [-0.15, -0.1) is 0 Å². The summed E-state index contributed by atoms with van der Waals surface area (Å²) in [6, 6.07) is 0. The molecule has 1 fully saturated rings. The maximum Gasteiger partial charge on any atom is 0.161 e. The monoisotopic (exact) mass is 172 g/mol. The summed E-state index contributed by atoms with van der Waals surface area (Å²) in [4.78, 5) is 11.2. The van der Waals surface area contributed by atoms with Crippen LogP contribution in [-0.2, 0) is 9.53 Å². The van der Waals surface area contributed by atoms with E-state index in [1.165, 1.54) is 0 Å². The Hall–Kier alpha value is -0.410. The second kappa shape index (κ2) is 4.58. The molecule has 1 saturated carbocycles. The average Bonchev–Trinajstić information content (AvgIpc) is 2.07. The molecule has 0 aliphatic heterocycles. The van der Waals surface area contributed by atoms with Gasteiger partial charge in [0.05, 0.1) is 6.10 Å². The van der Waals surface area contributed by atoms with Crippen LogP contribution in [-0.4, -0.2) is 29.7 Å². The van der Waals surface area contributed by atoms with E-state index in [-0.39, 0.29) is 18.0 Å². The summed E-state index contributed by atoms with van der Waals surface area (Å²) < 4.78 is 5.31. The summed E-state index contributed by atoms with van der Waals surface area (Å²) in [6.07, 6.45) is 1.79. The lowest BCUT2D eigenvalue weighted by molar-refractivity contribution is -0.136. The number of ketones is 1. The third-order valence-electron chi connectivity index (χ3n) is 2.09. The van der Waals surface area contributed by atoms with Crippen LogP contribution >= 0.6 is 0 Å². The molecule has 0 aromatic heterocycles. The number of hydrogen-bond acceptors (Lipinski definition) is 3. The molecule has 1 N–H and O–H groups in total. The van der Waals surface area contributed by atoms with E-state index >= 15 is 0 Å². The van der Waals surface area contributed by atoms with E-state index < -0.39 is 0 Å². The Morgan fingerprint density at radius 2 is 2.42 bits per heavy atom. The summed E-state index contributed by atoms with van der Waals surface area (Å²) >= 11 is 0. The molecule has 0 amide bonds. The molecule has 1 aliphatic carbocycles. The molecule has 0 aromatic rings. The Balaban J connectivity index is 2.33. The van der Waals surface area contributed by atoms with Gasteiger partial charge < -0.3 is 9.84 Å². The molecule has 70 valence electrons. The average molecular weight is 172 g/mol. The van der Waals surface area contributed by atoms with Crippen molar-refractivity contribution in [1.82, 2.24) is 0 Å². The van der Waals surface area contributed by atoms with Gasteiger partial charge in [0.25, 0.3) is 0 Å². The second-order valence-electron chi connectivity index (χ2n) is 3.25. The first kappa shape index (κ1) is 9.68. The van der Waals surface area contributed by atoms with E-state index in [2.05, 4.69) is 0 Å². The van der Waals surface area contributed by atoms with Crippen LogP contribution in [0.2, 0.25) is 0 Å². The van der Waals surface area contributed by atoms with Crippen molar-refractivity contribution in [1.29, 1.82) is 0 Å². The minimum absolute atomic E-state index is 0.147. The standard InChI is InChI=1S/C9H16O3/c1-2-5-12-9-6-7(10)3-4-8(9)11/h7,9-10H,2-6H2,1H3. The molecule has 1 rings (SSSR count). The highest BCUT2D eigenvalue weighted by atomic mass is 16.5. The SMILES string of the molecule is CCCOC1CC(O)CCC1=O. The number of aliphatic hydroxyl groups is 1. The summed E-state index contributed by atoms with van der Waals surface area (Å²) in [5.74, 6) is 0.147. The smallest absolute Gasteiger partial charge is 0.161 e. The predicted molar refractivity (Wildman–Crippen MR) is 44.9 cm³/mol. The predicted octanol–water partition coefficient (Wildman–Crippen LogP) is 0.895. The largest absolute Gasteiger partial charge is 0.393 e. The van der Waals surface area contributed by atoms with Crippen molar-refractivity contribution in [2.24, 2.45) is 0 Å². The molecular formula is C9H16O3. The third kappa shape index (κ3) is 2.57. The normalized spacial score (nSPS) is 30.7. The van der Waals surface area contributed by atoms with Crippen molar-refractivity contribution in [3.05, 3.63) is 0 Å². The van der Waals surface area contributed by atoms with Crippen molar-refractivity contribution in [3.63, 3.8) is 0 Å². The van der Waals surface area contributed by atoms with Crippen LogP contribution in [0.5, 0.6) is 0 Å². The molecule has 2 unspecified atom stereocenters. The van der Waals surface area contributed by atoms with Gasteiger partial charge in [-0.3, -0.25) is 4.79 Å². The Bertz CT molecular complexity index is 156. The maximum absolute atomic E-state index is 11.2. The van der Waals surface area contributed by atoms with Crippen LogP contribution in [0.3, 0.4) is 0 Å². The summed E-state index contributed by atoms with van der Waals surface area (Å²) in [6.45, 7) is 2.62. The molecule has 12 heavy (non-hydrogen) atoms. The van der Waals surface area contributed by atoms with Gasteiger partial charge in [-0.05, 0) is 12.8 Å². The van der Waals surface area contributed by atoms with Crippen molar-refractivity contribution in [3.8, 4) is 0 Å². The topological polar surface area (TPSA) is 46.5 Å². The summed E-state index contributed by atoms with van der Waals surface area (Å²) in [7, 11) is 0. The Labute approximate surface area is 72.7 Å². The molecule has 3 nitrogen and oxygen atoms in total. The van der Waals surface area contributed by atoms with Gasteiger partial charge in [0.2, 0.25) is 0 Å². The van der Waals surface area contributed by atoms with Crippen LogP contribution in [0.4, 0.5) is 0 Å². The molecule has 0 heterocycles. The van der Waals surface area contributed by atoms with Crippen LogP contribution in [0.25, 0.3) is 0 Å². The van der Waals surface area contributed by atoms with E-state index in [1.807, 2.05) is 6.92 Å². The van der Waals surface area contributed by atoms with E-state index in [1.54, 1.807) is 0 Å². The van der Waals surface area contributed by atoms with Crippen LogP contribution in [0, 0.1) is 0 Å².